The van der Waals surface area contributed by atoms with Crippen LogP contribution in [0.3, 0.4) is 0 Å². The molecule has 0 unspecified atom stereocenters. The topological polar surface area (TPSA) is 49.4 Å². The lowest BCUT2D eigenvalue weighted by Gasteiger charge is -2.10. The molecule has 96 valence electrons. The predicted molar refractivity (Wildman–Crippen MR) is 67.5 cm³/mol. The highest BCUT2D eigenvalue weighted by molar-refractivity contribution is 6.22. The Morgan fingerprint density at radius 2 is 1.78 bits per heavy atom. The third kappa shape index (κ3) is 4.01. The van der Waals surface area contributed by atoms with E-state index in [4.69, 9.17) is 0 Å². The number of carbonyl (C=O) groups is 2. The van der Waals surface area contributed by atoms with Gasteiger partial charge in [0.1, 0.15) is 5.82 Å². The molecule has 4 nitrogen and oxygen atoms in total. The van der Waals surface area contributed by atoms with Gasteiger partial charge in [0.25, 0.3) is 5.91 Å². The van der Waals surface area contributed by atoms with E-state index in [1.165, 1.54) is 37.4 Å². The molecule has 18 heavy (non-hydrogen) atoms. The minimum Gasteiger partial charge on any atom is -0.383 e. The minimum atomic E-state index is -0.511. The normalized spacial score (nSPS) is 11.0. The number of amides is 1. The Kier molecular flexibility index (Phi) is 4.59. The lowest BCUT2D eigenvalue weighted by atomic mass is 10.2. The maximum Gasteiger partial charge on any atom is 0.260 e. The van der Waals surface area contributed by atoms with Crippen LogP contribution in [0.25, 0.3) is 0 Å². The van der Waals surface area contributed by atoms with Crippen LogP contribution < -0.4 is 5.32 Å². The fourth-order valence-corrected chi connectivity index (χ4v) is 1.30. The lowest BCUT2D eigenvalue weighted by Crippen LogP contribution is -2.21. The van der Waals surface area contributed by atoms with Crippen molar-refractivity contribution in [2.75, 3.05) is 19.4 Å². The van der Waals surface area contributed by atoms with Crippen LogP contribution in [0.2, 0.25) is 0 Å². The first-order valence-corrected chi connectivity index (χ1v) is 5.36. The van der Waals surface area contributed by atoms with Crippen molar-refractivity contribution >= 4 is 17.4 Å². The van der Waals surface area contributed by atoms with Crippen LogP contribution in [-0.2, 0) is 9.59 Å². The number of hydrogen-bond acceptors (Lipinski definition) is 3. The van der Waals surface area contributed by atoms with Gasteiger partial charge in [0, 0.05) is 26.0 Å². The number of carbonyl (C=O) groups excluding carboxylic acids is 2. The van der Waals surface area contributed by atoms with Crippen molar-refractivity contribution in [2.24, 2.45) is 0 Å². The van der Waals surface area contributed by atoms with Crippen LogP contribution in [0, 0.1) is 5.82 Å². The highest BCUT2D eigenvalue weighted by Crippen LogP contribution is 2.10. The van der Waals surface area contributed by atoms with Gasteiger partial charge in [-0.25, -0.2) is 4.39 Å². The summed E-state index contributed by atoms with van der Waals surface area (Å²) in [5, 5.41) is 2.53. The fraction of sp³-hybridized carbons (Fsp3) is 0.231. The van der Waals surface area contributed by atoms with E-state index in [0.29, 0.717) is 5.69 Å². The Bertz CT molecular complexity index is 478. The molecule has 0 heterocycles. The van der Waals surface area contributed by atoms with Gasteiger partial charge in [-0.15, -0.1) is 0 Å². The van der Waals surface area contributed by atoms with E-state index in [9.17, 15) is 14.0 Å². The van der Waals surface area contributed by atoms with Crippen molar-refractivity contribution in [3.05, 3.63) is 41.9 Å². The molecule has 5 heteroatoms. The van der Waals surface area contributed by atoms with Gasteiger partial charge < -0.3 is 10.2 Å². The zero-order valence-corrected chi connectivity index (χ0v) is 10.5. The van der Waals surface area contributed by atoms with E-state index in [0.717, 1.165) is 0 Å². The number of halogens is 1. The average molecular weight is 250 g/mol. The molecule has 0 aliphatic carbocycles. The van der Waals surface area contributed by atoms with Crippen molar-refractivity contribution in [1.82, 2.24) is 4.90 Å². The Hall–Kier alpha value is -2.17. The van der Waals surface area contributed by atoms with Crippen LogP contribution in [0.1, 0.15) is 6.92 Å². The van der Waals surface area contributed by atoms with E-state index >= 15 is 0 Å². The molecule has 0 aliphatic heterocycles. The van der Waals surface area contributed by atoms with Crippen LogP contribution in [-0.4, -0.2) is 30.7 Å². The first kappa shape index (κ1) is 13.9. The number of benzene rings is 1. The van der Waals surface area contributed by atoms with Gasteiger partial charge in [-0.3, -0.25) is 9.59 Å². The van der Waals surface area contributed by atoms with Gasteiger partial charge in [0.2, 0.25) is 0 Å². The largest absolute Gasteiger partial charge is 0.383 e. The molecular formula is C13H15FN2O2. The number of Topliss-reactive ketones (excluding diaryl/α,β-unsaturated/α-hetero) is 1. The minimum absolute atomic E-state index is 0.0457. The summed E-state index contributed by atoms with van der Waals surface area (Å²) < 4.78 is 12.7. The molecule has 0 aromatic heterocycles. The van der Waals surface area contributed by atoms with Crippen molar-refractivity contribution in [1.29, 1.82) is 0 Å². The van der Waals surface area contributed by atoms with E-state index in [1.54, 1.807) is 19.0 Å². The van der Waals surface area contributed by atoms with E-state index in [-0.39, 0.29) is 17.2 Å². The summed E-state index contributed by atoms with van der Waals surface area (Å²) in [6.45, 7) is 1.32. The molecule has 1 aromatic rings. The molecule has 0 spiro atoms. The standard InChI is InChI=1S/C13H15FN2O2/c1-9(17)12(8-16(2)3)13(18)15-11-6-4-10(14)5-7-11/h4-8H,1-3H3,(H,15,18)/b12-8+. The number of hydrogen-bond donors (Lipinski definition) is 1. The first-order chi connectivity index (χ1) is 8.40. The molecule has 0 saturated heterocycles. The maximum absolute atomic E-state index is 12.7. The van der Waals surface area contributed by atoms with Gasteiger partial charge in [-0.2, -0.15) is 0 Å². The lowest BCUT2D eigenvalue weighted by molar-refractivity contribution is -0.119. The van der Waals surface area contributed by atoms with E-state index in [2.05, 4.69) is 5.32 Å². The number of nitrogens with one attached hydrogen (secondary N) is 1. The highest BCUT2D eigenvalue weighted by atomic mass is 19.1. The van der Waals surface area contributed by atoms with E-state index in [1.807, 2.05) is 0 Å². The molecule has 0 bridgehead atoms. The molecule has 1 aromatic carbocycles. The van der Waals surface area contributed by atoms with Crippen molar-refractivity contribution in [3.8, 4) is 0 Å². The number of nitrogens with zero attached hydrogens (tertiary/aromatic N) is 1. The van der Waals surface area contributed by atoms with E-state index < -0.39 is 5.91 Å². The van der Waals surface area contributed by atoms with Gasteiger partial charge in [-0.05, 0) is 31.2 Å². The third-order valence-electron chi connectivity index (χ3n) is 2.11. The van der Waals surface area contributed by atoms with Crippen LogP contribution >= 0.6 is 0 Å². The molecule has 0 saturated carbocycles. The Morgan fingerprint density at radius 1 is 1.22 bits per heavy atom. The van der Waals surface area contributed by atoms with Gasteiger partial charge in [-0.1, -0.05) is 0 Å². The second kappa shape index (κ2) is 5.95. The van der Waals surface area contributed by atoms with Gasteiger partial charge in [0.15, 0.2) is 5.78 Å². The van der Waals surface area contributed by atoms with Crippen molar-refractivity contribution in [3.63, 3.8) is 0 Å². The maximum atomic E-state index is 12.7. The first-order valence-electron chi connectivity index (χ1n) is 5.36. The molecule has 1 rings (SSSR count). The Balaban J connectivity index is 2.86. The average Bonchev–Trinajstić information content (AvgIpc) is 2.28. The number of rotatable bonds is 4. The molecule has 0 fully saturated rings. The molecule has 0 aliphatic rings. The summed E-state index contributed by atoms with van der Waals surface area (Å²) >= 11 is 0. The summed E-state index contributed by atoms with van der Waals surface area (Å²) in [5.74, 6) is -1.23. The SMILES string of the molecule is CC(=O)/C(=C\N(C)C)C(=O)Nc1ccc(F)cc1. The van der Waals surface area contributed by atoms with Crippen LogP contribution in [0.4, 0.5) is 10.1 Å². The smallest absolute Gasteiger partial charge is 0.260 e. The molecule has 0 atom stereocenters. The van der Waals surface area contributed by atoms with Crippen LogP contribution in [0.15, 0.2) is 36.0 Å². The summed E-state index contributed by atoms with van der Waals surface area (Å²) in [5.41, 5.74) is 0.483. The summed E-state index contributed by atoms with van der Waals surface area (Å²) in [6, 6.07) is 5.33. The molecule has 1 amide bonds. The third-order valence-corrected chi connectivity index (χ3v) is 2.11. The summed E-state index contributed by atoms with van der Waals surface area (Å²) in [4.78, 5) is 24.8. The molecule has 0 radical (unpaired) electrons. The van der Waals surface area contributed by atoms with Gasteiger partial charge in [0.05, 0.1) is 5.57 Å². The molecule has 1 N–H and O–H groups in total. The zero-order chi connectivity index (χ0) is 13.7. The van der Waals surface area contributed by atoms with Crippen molar-refractivity contribution in [2.45, 2.75) is 6.92 Å². The Morgan fingerprint density at radius 3 is 2.22 bits per heavy atom. The fourth-order valence-electron chi connectivity index (χ4n) is 1.30. The number of ketones is 1. The second-order valence-corrected chi connectivity index (χ2v) is 4.02. The quantitative estimate of drug-likeness (QED) is 0.503. The predicted octanol–water partition coefficient (Wildman–Crippen LogP) is 1.80. The van der Waals surface area contributed by atoms with Gasteiger partial charge >= 0.3 is 0 Å². The monoisotopic (exact) mass is 250 g/mol. The summed E-state index contributed by atoms with van der Waals surface area (Å²) in [6.07, 6.45) is 1.45. The molecular weight excluding hydrogens is 235 g/mol. The highest BCUT2D eigenvalue weighted by Gasteiger charge is 2.14. The zero-order valence-electron chi connectivity index (χ0n) is 10.5. The van der Waals surface area contributed by atoms with Crippen molar-refractivity contribution < 1.29 is 14.0 Å². The number of anilines is 1. The second-order valence-electron chi connectivity index (χ2n) is 4.02. The van der Waals surface area contributed by atoms with Crippen LogP contribution in [0.5, 0.6) is 0 Å². The Labute approximate surface area is 105 Å². The summed E-state index contributed by atoms with van der Waals surface area (Å²) in [7, 11) is 3.43.